The van der Waals surface area contributed by atoms with Crippen molar-refractivity contribution in [1.82, 2.24) is 4.90 Å². The van der Waals surface area contributed by atoms with Crippen molar-refractivity contribution >= 4 is 11.6 Å². The minimum absolute atomic E-state index is 0.120. The molecular weight excluding hydrogens is 361 g/mol. The molecule has 1 aliphatic heterocycles. The third kappa shape index (κ3) is 4.78. The van der Waals surface area contributed by atoms with E-state index in [1.54, 1.807) is 0 Å². The van der Waals surface area contributed by atoms with Crippen molar-refractivity contribution in [2.45, 2.75) is 31.2 Å². The molecule has 140 valence electrons. The van der Waals surface area contributed by atoms with Crippen LogP contribution in [0.2, 0.25) is 5.02 Å². The molecule has 3 rings (SSSR count). The van der Waals surface area contributed by atoms with E-state index in [4.69, 9.17) is 17.3 Å². The first kappa shape index (κ1) is 19.2. The summed E-state index contributed by atoms with van der Waals surface area (Å²) in [5, 5.41) is 0.747. The van der Waals surface area contributed by atoms with Gasteiger partial charge in [0.15, 0.2) is 11.6 Å². The van der Waals surface area contributed by atoms with Crippen LogP contribution in [0.1, 0.15) is 29.9 Å². The van der Waals surface area contributed by atoms with Crippen molar-refractivity contribution in [3.05, 3.63) is 70.0 Å². The molecule has 1 heterocycles. The molecule has 0 radical (unpaired) electrons. The highest BCUT2D eigenvalue weighted by Gasteiger charge is 2.24. The third-order valence-corrected chi connectivity index (χ3v) is 5.22. The summed E-state index contributed by atoms with van der Waals surface area (Å²) < 4.78 is 40.0. The Bertz CT molecular complexity index is 769. The van der Waals surface area contributed by atoms with E-state index in [0.29, 0.717) is 18.4 Å². The van der Waals surface area contributed by atoms with Gasteiger partial charge < -0.3 is 10.6 Å². The van der Waals surface area contributed by atoms with Gasteiger partial charge in [0.2, 0.25) is 0 Å². The molecule has 1 aliphatic rings. The molecule has 2 unspecified atom stereocenters. The maximum atomic E-state index is 13.7. The summed E-state index contributed by atoms with van der Waals surface area (Å²) in [6, 6.07) is 9.11. The molecule has 2 aromatic rings. The highest BCUT2D eigenvalue weighted by molar-refractivity contribution is 6.30. The normalized spacial score (nSPS) is 19.0. The molecule has 2 aromatic carbocycles. The Hall–Kier alpha value is -1.56. The monoisotopic (exact) mass is 382 g/mol. The Morgan fingerprint density at radius 1 is 1.12 bits per heavy atom. The quantitative estimate of drug-likeness (QED) is 0.745. The first-order valence-electron chi connectivity index (χ1n) is 8.79. The van der Waals surface area contributed by atoms with Crippen LogP contribution in [0.3, 0.4) is 0 Å². The molecule has 2 atom stereocenters. The third-order valence-electron chi connectivity index (χ3n) is 4.98. The molecule has 2 nitrogen and oxygen atoms in total. The zero-order valence-corrected chi connectivity index (χ0v) is 15.2. The summed E-state index contributed by atoms with van der Waals surface area (Å²) in [6.45, 7) is 2.71. The zero-order valence-electron chi connectivity index (χ0n) is 14.4. The maximum absolute atomic E-state index is 13.7. The largest absolute Gasteiger partial charge is 0.327 e. The summed E-state index contributed by atoms with van der Waals surface area (Å²) in [7, 11) is 0. The molecule has 26 heavy (non-hydrogen) atoms. The number of hydrogen-bond donors (Lipinski definition) is 1. The van der Waals surface area contributed by atoms with E-state index in [9.17, 15) is 13.2 Å². The van der Waals surface area contributed by atoms with E-state index < -0.39 is 17.5 Å². The molecular formula is C20H22ClF3N2. The van der Waals surface area contributed by atoms with E-state index in [1.165, 1.54) is 5.56 Å². The van der Waals surface area contributed by atoms with E-state index in [2.05, 4.69) is 11.0 Å². The van der Waals surface area contributed by atoms with Gasteiger partial charge in [-0.3, -0.25) is 0 Å². The smallest absolute Gasteiger partial charge is 0.161 e. The Kier molecular flexibility index (Phi) is 6.22. The van der Waals surface area contributed by atoms with Gasteiger partial charge in [0.25, 0.3) is 0 Å². The Balaban J connectivity index is 1.49. The number of rotatable bonds is 6. The Morgan fingerprint density at radius 3 is 2.65 bits per heavy atom. The molecule has 0 amide bonds. The average Bonchev–Trinajstić information content (AvgIpc) is 3.07. The summed E-state index contributed by atoms with van der Waals surface area (Å²) in [6.07, 6.45) is 1.92. The number of nitrogens with zero attached hydrogens (tertiary/aromatic N) is 1. The molecule has 1 fully saturated rings. The highest BCUT2D eigenvalue weighted by atomic mass is 35.5. The first-order valence-corrected chi connectivity index (χ1v) is 9.17. The van der Waals surface area contributed by atoms with Crippen molar-refractivity contribution in [2.75, 3.05) is 19.6 Å². The van der Waals surface area contributed by atoms with Gasteiger partial charge in [-0.1, -0.05) is 23.7 Å². The Morgan fingerprint density at radius 2 is 1.88 bits per heavy atom. The van der Waals surface area contributed by atoms with Gasteiger partial charge in [0.05, 0.1) is 0 Å². The summed E-state index contributed by atoms with van der Waals surface area (Å²) in [4.78, 5) is 2.33. The molecule has 0 aliphatic carbocycles. The fourth-order valence-corrected chi connectivity index (χ4v) is 3.72. The summed E-state index contributed by atoms with van der Waals surface area (Å²) >= 11 is 6.06. The van der Waals surface area contributed by atoms with Gasteiger partial charge in [-0.25, -0.2) is 13.2 Å². The lowest BCUT2D eigenvalue weighted by atomic mass is 9.99. The van der Waals surface area contributed by atoms with Crippen LogP contribution in [-0.2, 0) is 6.42 Å². The number of likely N-dealkylation sites (tertiary alicyclic amines) is 1. The van der Waals surface area contributed by atoms with E-state index in [1.807, 2.05) is 18.2 Å². The maximum Gasteiger partial charge on any atom is 0.161 e. The number of benzene rings is 2. The lowest BCUT2D eigenvalue weighted by molar-refractivity contribution is 0.316. The van der Waals surface area contributed by atoms with Crippen molar-refractivity contribution in [3.63, 3.8) is 0 Å². The first-order chi connectivity index (χ1) is 12.4. The molecule has 2 N–H and O–H groups in total. The second kappa shape index (κ2) is 8.42. The fourth-order valence-electron chi connectivity index (χ4n) is 3.52. The molecule has 0 bridgehead atoms. The molecule has 0 aromatic heterocycles. The standard InChI is InChI=1S/C20H22ClF3N2/c21-16-3-1-2-13(8-16)14-4-6-26(12-14)7-5-17(25)9-15-10-19(23)20(24)11-18(15)22/h1-3,8,10-11,14,17H,4-7,9,12,25H2. The predicted molar refractivity (Wildman–Crippen MR) is 97.9 cm³/mol. The van der Waals surface area contributed by atoms with Gasteiger partial charge in [-0.05, 0) is 67.6 Å². The fraction of sp³-hybridized carbons (Fsp3) is 0.400. The van der Waals surface area contributed by atoms with Crippen LogP contribution < -0.4 is 5.73 Å². The van der Waals surface area contributed by atoms with Crippen LogP contribution in [0, 0.1) is 17.5 Å². The van der Waals surface area contributed by atoms with E-state index in [0.717, 1.165) is 37.1 Å². The van der Waals surface area contributed by atoms with Crippen molar-refractivity contribution in [3.8, 4) is 0 Å². The average molecular weight is 383 g/mol. The van der Waals surface area contributed by atoms with Crippen LogP contribution in [-0.4, -0.2) is 30.6 Å². The van der Waals surface area contributed by atoms with E-state index >= 15 is 0 Å². The topological polar surface area (TPSA) is 29.3 Å². The van der Waals surface area contributed by atoms with Gasteiger partial charge in [-0.2, -0.15) is 0 Å². The molecule has 6 heteroatoms. The molecule has 0 saturated carbocycles. The van der Waals surface area contributed by atoms with Crippen LogP contribution >= 0.6 is 11.6 Å². The highest BCUT2D eigenvalue weighted by Crippen LogP contribution is 2.29. The number of halogens is 4. The minimum Gasteiger partial charge on any atom is -0.327 e. The summed E-state index contributed by atoms with van der Waals surface area (Å²) in [5.74, 6) is -2.52. The lowest BCUT2D eigenvalue weighted by Gasteiger charge is -2.19. The van der Waals surface area contributed by atoms with Gasteiger partial charge in [-0.15, -0.1) is 0 Å². The zero-order chi connectivity index (χ0) is 18.7. The second-order valence-electron chi connectivity index (χ2n) is 6.95. The van der Waals surface area contributed by atoms with Crippen LogP contribution in [0.25, 0.3) is 0 Å². The lowest BCUT2D eigenvalue weighted by Crippen LogP contribution is -2.31. The number of nitrogens with two attached hydrogens (primary N) is 1. The molecule has 0 spiro atoms. The van der Waals surface area contributed by atoms with Gasteiger partial charge >= 0.3 is 0 Å². The molecule has 1 saturated heterocycles. The van der Waals surface area contributed by atoms with Crippen molar-refractivity contribution < 1.29 is 13.2 Å². The van der Waals surface area contributed by atoms with Gasteiger partial charge in [0.1, 0.15) is 5.82 Å². The predicted octanol–water partition coefficient (Wildman–Crippen LogP) is 4.51. The van der Waals surface area contributed by atoms with Crippen LogP contribution in [0.5, 0.6) is 0 Å². The van der Waals surface area contributed by atoms with Crippen LogP contribution in [0.15, 0.2) is 36.4 Å². The Labute approximate surface area is 156 Å². The van der Waals surface area contributed by atoms with Crippen molar-refractivity contribution in [1.29, 1.82) is 0 Å². The van der Waals surface area contributed by atoms with E-state index in [-0.39, 0.29) is 18.0 Å². The van der Waals surface area contributed by atoms with Gasteiger partial charge in [0, 0.05) is 23.7 Å². The SMILES string of the molecule is NC(CCN1CCC(c2cccc(Cl)c2)C1)Cc1cc(F)c(F)cc1F. The van der Waals surface area contributed by atoms with Crippen molar-refractivity contribution in [2.24, 2.45) is 5.73 Å². The van der Waals surface area contributed by atoms with Crippen LogP contribution in [0.4, 0.5) is 13.2 Å². The minimum atomic E-state index is -1.18. The number of hydrogen-bond acceptors (Lipinski definition) is 2. The second-order valence-corrected chi connectivity index (χ2v) is 7.39. The summed E-state index contributed by atoms with van der Waals surface area (Å²) in [5.41, 5.74) is 7.44.